The average Bonchev–Trinajstić information content (AvgIpc) is 2.54. The van der Waals surface area contributed by atoms with Gasteiger partial charge in [-0.15, -0.1) is 0 Å². The molecule has 0 saturated carbocycles. The van der Waals surface area contributed by atoms with Gasteiger partial charge in [0.15, 0.2) is 11.6 Å². The molecule has 1 aliphatic rings. The summed E-state index contributed by atoms with van der Waals surface area (Å²) < 4.78 is 27.3. The first-order valence-corrected chi connectivity index (χ1v) is 8.09. The molecular formula is C18H17F2NS. The van der Waals surface area contributed by atoms with Gasteiger partial charge in [0.1, 0.15) is 0 Å². The number of nitrogens with one attached hydrogen (secondary N) is 1. The Morgan fingerprint density at radius 2 is 1.95 bits per heavy atom. The van der Waals surface area contributed by atoms with Crippen molar-refractivity contribution in [3.8, 4) is 0 Å². The van der Waals surface area contributed by atoms with E-state index in [4.69, 9.17) is 0 Å². The maximum atomic E-state index is 13.9. The van der Waals surface area contributed by atoms with Crippen molar-refractivity contribution in [2.24, 2.45) is 0 Å². The Hall–Kier alpha value is -1.65. The molecule has 1 aliphatic heterocycles. The summed E-state index contributed by atoms with van der Waals surface area (Å²) in [6, 6.07) is 10.4. The summed E-state index contributed by atoms with van der Waals surface area (Å²) in [5, 5.41) is 3.29. The predicted molar refractivity (Wildman–Crippen MR) is 87.1 cm³/mol. The van der Waals surface area contributed by atoms with Gasteiger partial charge in [0, 0.05) is 11.4 Å². The molecule has 0 bridgehead atoms. The van der Waals surface area contributed by atoms with Crippen LogP contribution in [0.3, 0.4) is 0 Å². The molecule has 0 amide bonds. The fraction of sp³-hybridized carbons (Fsp3) is 0.222. The minimum absolute atomic E-state index is 0.319. The van der Waals surface area contributed by atoms with Gasteiger partial charge in [-0.3, -0.25) is 0 Å². The van der Waals surface area contributed by atoms with Crippen LogP contribution in [0.1, 0.15) is 17.5 Å². The van der Waals surface area contributed by atoms with Crippen molar-refractivity contribution in [1.29, 1.82) is 0 Å². The zero-order valence-corrected chi connectivity index (χ0v) is 13.1. The smallest absolute Gasteiger partial charge is 0.172 e. The summed E-state index contributed by atoms with van der Waals surface area (Å²) in [6.07, 6.45) is 3.12. The van der Waals surface area contributed by atoms with Gasteiger partial charge in [0.25, 0.3) is 0 Å². The SMILES string of the molecule is Cc1ccc(Sc2cccc(F)c2F)c(C2=CCNCC2)c1. The minimum Gasteiger partial charge on any atom is -0.313 e. The van der Waals surface area contributed by atoms with Crippen LogP contribution in [0.4, 0.5) is 8.78 Å². The standard InChI is InChI=1S/C18H17F2NS/c1-12-5-6-16(14(11-12)13-7-9-21-10-8-13)22-17-4-2-3-15(19)18(17)20/h2-7,11,21H,8-10H2,1H3. The highest BCUT2D eigenvalue weighted by atomic mass is 32.2. The number of aryl methyl sites for hydroxylation is 1. The molecule has 0 fully saturated rings. The van der Waals surface area contributed by atoms with Crippen molar-refractivity contribution in [2.45, 2.75) is 23.1 Å². The molecule has 0 spiro atoms. The molecule has 2 aromatic carbocycles. The Balaban J connectivity index is 2.00. The Bertz CT molecular complexity index is 725. The third-order valence-corrected chi connectivity index (χ3v) is 4.79. The van der Waals surface area contributed by atoms with Crippen LogP contribution in [0.2, 0.25) is 0 Å². The van der Waals surface area contributed by atoms with E-state index < -0.39 is 11.6 Å². The van der Waals surface area contributed by atoms with Gasteiger partial charge in [-0.05, 0) is 49.2 Å². The number of halogens is 2. The second-order valence-electron chi connectivity index (χ2n) is 5.34. The van der Waals surface area contributed by atoms with E-state index in [2.05, 4.69) is 17.5 Å². The van der Waals surface area contributed by atoms with Crippen LogP contribution in [-0.2, 0) is 0 Å². The van der Waals surface area contributed by atoms with Crippen LogP contribution in [-0.4, -0.2) is 13.1 Å². The van der Waals surface area contributed by atoms with E-state index in [-0.39, 0.29) is 0 Å². The van der Waals surface area contributed by atoms with Gasteiger partial charge in [-0.2, -0.15) is 0 Å². The Kier molecular flexibility index (Phi) is 4.60. The van der Waals surface area contributed by atoms with Gasteiger partial charge in [0.05, 0.1) is 4.90 Å². The fourth-order valence-electron chi connectivity index (χ4n) is 2.53. The summed E-state index contributed by atoms with van der Waals surface area (Å²) in [6.45, 7) is 3.84. The summed E-state index contributed by atoms with van der Waals surface area (Å²) in [5.74, 6) is -1.59. The maximum Gasteiger partial charge on any atom is 0.172 e. The highest BCUT2D eigenvalue weighted by Crippen LogP contribution is 2.37. The van der Waals surface area contributed by atoms with E-state index in [0.29, 0.717) is 4.90 Å². The van der Waals surface area contributed by atoms with Gasteiger partial charge in [-0.25, -0.2) is 8.78 Å². The van der Waals surface area contributed by atoms with Gasteiger partial charge in [0.2, 0.25) is 0 Å². The lowest BCUT2D eigenvalue weighted by atomic mass is 9.99. The topological polar surface area (TPSA) is 12.0 Å². The zero-order valence-electron chi connectivity index (χ0n) is 12.3. The largest absolute Gasteiger partial charge is 0.313 e. The maximum absolute atomic E-state index is 13.9. The lowest BCUT2D eigenvalue weighted by Crippen LogP contribution is -2.20. The van der Waals surface area contributed by atoms with Crippen LogP contribution >= 0.6 is 11.8 Å². The van der Waals surface area contributed by atoms with Crippen molar-refractivity contribution in [3.05, 3.63) is 65.2 Å². The molecule has 2 aromatic rings. The first kappa shape index (κ1) is 15.3. The summed E-state index contributed by atoms with van der Waals surface area (Å²) in [4.78, 5) is 1.28. The summed E-state index contributed by atoms with van der Waals surface area (Å²) >= 11 is 1.28. The molecule has 3 rings (SSSR count). The first-order chi connectivity index (χ1) is 10.6. The Morgan fingerprint density at radius 3 is 2.73 bits per heavy atom. The van der Waals surface area contributed by atoms with E-state index >= 15 is 0 Å². The molecule has 0 aromatic heterocycles. The summed E-state index contributed by atoms with van der Waals surface area (Å²) in [7, 11) is 0. The van der Waals surface area contributed by atoms with E-state index in [9.17, 15) is 8.78 Å². The van der Waals surface area contributed by atoms with Gasteiger partial charge >= 0.3 is 0 Å². The van der Waals surface area contributed by atoms with Gasteiger partial charge in [-0.1, -0.05) is 41.6 Å². The quantitative estimate of drug-likeness (QED) is 0.872. The molecule has 0 radical (unpaired) electrons. The highest BCUT2D eigenvalue weighted by molar-refractivity contribution is 7.99. The molecule has 0 atom stereocenters. The van der Waals surface area contributed by atoms with Crippen molar-refractivity contribution in [2.75, 3.05) is 13.1 Å². The number of hydrogen-bond acceptors (Lipinski definition) is 2. The Labute approximate surface area is 133 Å². The van der Waals surface area contributed by atoms with Crippen LogP contribution in [0.25, 0.3) is 5.57 Å². The van der Waals surface area contributed by atoms with Crippen molar-refractivity contribution < 1.29 is 8.78 Å². The molecule has 1 heterocycles. The van der Waals surface area contributed by atoms with E-state index in [0.717, 1.165) is 36.0 Å². The molecule has 114 valence electrons. The van der Waals surface area contributed by atoms with Crippen molar-refractivity contribution in [3.63, 3.8) is 0 Å². The van der Waals surface area contributed by atoms with E-state index in [1.165, 1.54) is 22.9 Å². The zero-order chi connectivity index (χ0) is 15.5. The van der Waals surface area contributed by atoms with Crippen LogP contribution in [0.15, 0.2) is 52.3 Å². The van der Waals surface area contributed by atoms with Crippen LogP contribution in [0.5, 0.6) is 0 Å². The molecular weight excluding hydrogens is 300 g/mol. The second-order valence-corrected chi connectivity index (χ2v) is 6.42. The number of hydrogen-bond donors (Lipinski definition) is 1. The number of benzene rings is 2. The predicted octanol–water partition coefficient (Wildman–Crippen LogP) is 4.80. The molecule has 4 heteroatoms. The first-order valence-electron chi connectivity index (χ1n) is 7.28. The van der Waals surface area contributed by atoms with E-state index in [1.54, 1.807) is 12.1 Å². The molecule has 1 N–H and O–H groups in total. The van der Waals surface area contributed by atoms with E-state index in [1.807, 2.05) is 19.1 Å². The van der Waals surface area contributed by atoms with Crippen molar-refractivity contribution >= 4 is 17.3 Å². The molecule has 22 heavy (non-hydrogen) atoms. The molecule has 1 nitrogen and oxygen atoms in total. The van der Waals surface area contributed by atoms with Gasteiger partial charge < -0.3 is 5.32 Å². The second kappa shape index (κ2) is 6.63. The third kappa shape index (κ3) is 3.23. The summed E-state index contributed by atoms with van der Waals surface area (Å²) in [5.41, 5.74) is 3.55. The molecule has 0 saturated heterocycles. The number of rotatable bonds is 3. The van der Waals surface area contributed by atoms with Crippen molar-refractivity contribution in [1.82, 2.24) is 5.32 Å². The molecule has 0 aliphatic carbocycles. The molecule has 0 unspecified atom stereocenters. The Morgan fingerprint density at radius 1 is 1.09 bits per heavy atom. The third-order valence-electron chi connectivity index (χ3n) is 3.68. The highest BCUT2D eigenvalue weighted by Gasteiger charge is 2.15. The fourth-order valence-corrected chi connectivity index (χ4v) is 3.54. The monoisotopic (exact) mass is 317 g/mol. The normalized spacial score (nSPS) is 14.8. The van der Waals surface area contributed by atoms with Crippen LogP contribution in [0, 0.1) is 18.6 Å². The lowest BCUT2D eigenvalue weighted by molar-refractivity contribution is 0.491. The lowest BCUT2D eigenvalue weighted by Gasteiger charge is -2.18. The minimum atomic E-state index is -0.806. The van der Waals surface area contributed by atoms with Crippen LogP contribution < -0.4 is 5.32 Å². The average molecular weight is 317 g/mol.